The standard InChI is InChI=1S/C21H17ClN4OS2/c22-14-5-8-19(23-13-14)25-9-11-26(12-10-25)21(27)18-7-6-17(28-18)20-24-15-3-1-2-4-16(15)29-20/h1-8,13H,9-12H2. The van der Waals surface area contributed by atoms with Gasteiger partial charge in [-0.25, -0.2) is 9.97 Å². The molecule has 0 bridgehead atoms. The van der Waals surface area contributed by atoms with Crippen molar-refractivity contribution in [1.82, 2.24) is 14.9 Å². The first-order valence-electron chi connectivity index (χ1n) is 9.29. The van der Waals surface area contributed by atoms with E-state index < -0.39 is 0 Å². The largest absolute Gasteiger partial charge is 0.353 e. The highest BCUT2D eigenvalue weighted by atomic mass is 35.5. The van der Waals surface area contributed by atoms with Gasteiger partial charge in [0.15, 0.2) is 0 Å². The number of anilines is 1. The second-order valence-corrected chi connectivity index (χ2v) is 9.32. The molecule has 1 amide bonds. The number of thiazole rings is 1. The van der Waals surface area contributed by atoms with Crippen molar-refractivity contribution in [1.29, 1.82) is 0 Å². The summed E-state index contributed by atoms with van der Waals surface area (Å²) in [6, 6.07) is 15.8. The molecule has 1 saturated heterocycles. The van der Waals surface area contributed by atoms with Gasteiger partial charge in [0.1, 0.15) is 10.8 Å². The Bertz CT molecular complexity index is 1130. The number of halogens is 1. The smallest absolute Gasteiger partial charge is 0.264 e. The van der Waals surface area contributed by atoms with Crippen LogP contribution in [-0.4, -0.2) is 47.0 Å². The number of hydrogen-bond acceptors (Lipinski definition) is 6. The highest BCUT2D eigenvalue weighted by molar-refractivity contribution is 7.26. The number of nitrogens with zero attached hydrogens (tertiary/aromatic N) is 4. The summed E-state index contributed by atoms with van der Waals surface area (Å²) in [6.07, 6.45) is 1.66. The highest BCUT2D eigenvalue weighted by Crippen LogP contribution is 2.34. The molecule has 0 saturated carbocycles. The first kappa shape index (κ1) is 18.5. The van der Waals surface area contributed by atoms with Crippen LogP contribution in [0.3, 0.4) is 0 Å². The fourth-order valence-corrected chi connectivity index (χ4v) is 5.50. The Morgan fingerprint density at radius 2 is 1.79 bits per heavy atom. The lowest BCUT2D eigenvalue weighted by Gasteiger charge is -2.35. The maximum Gasteiger partial charge on any atom is 0.264 e. The van der Waals surface area contributed by atoms with Gasteiger partial charge in [0.2, 0.25) is 0 Å². The minimum absolute atomic E-state index is 0.0890. The molecule has 5 rings (SSSR count). The van der Waals surface area contributed by atoms with Gasteiger partial charge in [-0.15, -0.1) is 22.7 Å². The number of piperazine rings is 1. The van der Waals surface area contributed by atoms with E-state index in [9.17, 15) is 4.79 Å². The topological polar surface area (TPSA) is 49.3 Å². The zero-order valence-electron chi connectivity index (χ0n) is 15.4. The van der Waals surface area contributed by atoms with Crippen LogP contribution in [0, 0.1) is 0 Å². The maximum absolute atomic E-state index is 13.0. The number of benzene rings is 1. The molecule has 1 fully saturated rings. The first-order valence-corrected chi connectivity index (χ1v) is 11.3. The van der Waals surface area contributed by atoms with Gasteiger partial charge in [0.05, 0.1) is 25.0 Å². The van der Waals surface area contributed by atoms with E-state index in [-0.39, 0.29) is 5.91 Å². The number of amides is 1. The number of hydrogen-bond donors (Lipinski definition) is 0. The average molecular weight is 441 g/mol. The third kappa shape index (κ3) is 3.73. The van der Waals surface area contributed by atoms with E-state index in [1.807, 2.05) is 47.4 Å². The van der Waals surface area contributed by atoms with Crippen LogP contribution in [0.5, 0.6) is 0 Å². The Labute approximate surface area is 181 Å². The zero-order valence-corrected chi connectivity index (χ0v) is 17.8. The lowest BCUT2D eigenvalue weighted by Crippen LogP contribution is -2.48. The van der Waals surface area contributed by atoms with Crippen molar-refractivity contribution in [2.24, 2.45) is 0 Å². The normalized spacial score (nSPS) is 14.5. The average Bonchev–Trinajstić information content (AvgIpc) is 3.41. The molecule has 29 heavy (non-hydrogen) atoms. The fourth-order valence-electron chi connectivity index (χ4n) is 3.39. The van der Waals surface area contributed by atoms with Gasteiger partial charge in [-0.1, -0.05) is 23.7 Å². The van der Waals surface area contributed by atoms with Crippen LogP contribution in [0.2, 0.25) is 5.02 Å². The minimum Gasteiger partial charge on any atom is -0.353 e. The molecule has 0 N–H and O–H groups in total. The molecule has 5 nitrogen and oxygen atoms in total. The van der Waals surface area contributed by atoms with Crippen LogP contribution in [0.25, 0.3) is 20.1 Å². The van der Waals surface area contributed by atoms with E-state index in [1.54, 1.807) is 17.5 Å². The number of rotatable bonds is 3. The molecule has 0 unspecified atom stereocenters. The number of carbonyl (C=O) groups excluding carboxylic acids is 1. The molecule has 0 radical (unpaired) electrons. The number of aromatic nitrogens is 2. The van der Waals surface area contributed by atoms with E-state index in [2.05, 4.69) is 16.0 Å². The molecule has 146 valence electrons. The molecule has 8 heteroatoms. The minimum atomic E-state index is 0.0890. The summed E-state index contributed by atoms with van der Waals surface area (Å²) in [7, 11) is 0. The Morgan fingerprint density at radius 1 is 0.966 bits per heavy atom. The Kier molecular flexibility index (Phi) is 4.95. The Hall–Kier alpha value is -2.48. The molecule has 4 aromatic rings. The van der Waals surface area contributed by atoms with E-state index in [0.717, 1.165) is 43.9 Å². The summed E-state index contributed by atoms with van der Waals surface area (Å²) in [4.78, 5) is 27.9. The predicted molar refractivity (Wildman–Crippen MR) is 120 cm³/mol. The summed E-state index contributed by atoms with van der Waals surface area (Å²) in [5, 5.41) is 1.60. The van der Waals surface area contributed by atoms with Crippen molar-refractivity contribution in [2.45, 2.75) is 0 Å². The van der Waals surface area contributed by atoms with Crippen LogP contribution < -0.4 is 4.90 Å². The summed E-state index contributed by atoms with van der Waals surface area (Å²) in [5.74, 6) is 0.988. The van der Waals surface area contributed by atoms with Gasteiger partial charge in [-0.2, -0.15) is 0 Å². The summed E-state index contributed by atoms with van der Waals surface area (Å²) < 4.78 is 1.16. The second-order valence-electron chi connectivity index (χ2n) is 6.76. The second kappa shape index (κ2) is 7.74. The lowest BCUT2D eigenvalue weighted by atomic mass is 10.3. The summed E-state index contributed by atoms with van der Waals surface area (Å²) in [5.41, 5.74) is 1.00. The van der Waals surface area contributed by atoms with Crippen molar-refractivity contribution < 1.29 is 4.79 Å². The van der Waals surface area contributed by atoms with Crippen LogP contribution >= 0.6 is 34.3 Å². The van der Waals surface area contributed by atoms with Gasteiger partial charge in [-0.3, -0.25) is 4.79 Å². The summed E-state index contributed by atoms with van der Waals surface area (Å²) in [6.45, 7) is 2.88. The number of thiophene rings is 1. The fraction of sp³-hybridized carbons (Fsp3) is 0.190. The van der Waals surface area contributed by atoms with Gasteiger partial charge in [0.25, 0.3) is 5.91 Å². The van der Waals surface area contributed by atoms with Gasteiger partial charge >= 0.3 is 0 Å². The maximum atomic E-state index is 13.0. The molecule has 1 aliphatic heterocycles. The molecule has 0 atom stereocenters. The van der Waals surface area contributed by atoms with Gasteiger partial charge in [0, 0.05) is 32.4 Å². The molecule has 3 aromatic heterocycles. The molecular weight excluding hydrogens is 424 g/mol. The molecule has 4 heterocycles. The highest BCUT2D eigenvalue weighted by Gasteiger charge is 2.24. The van der Waals surface area contributed by atoms with Gasteiger partial charge < -0.3 is 9.80 Å². The van der Waals surface area contributed by atoms with E-state index in [1.165, 1.54) is 11.3 Å². The van der Waals surface area contributed by atoms with E-state index >= 15 is 0 Å². The quantitative estimate of drug-likeness (QED) is 0.448. The molecule has 1 aromatic carbocycles. The SMILES string of the molecule is O=C(c1ccc(-c2nc3ccccc3s2)s1)N1CCN(c2ccc(Cl)cn2)CC1. The van der Waals surface area contributed by atoms with Crippen molar-refractivity contribution in [3.05, 3.63) is 64.6 Å². The Morgan fingerprint density at radius 3 is 2.55 bits per heavy atom. The third-order valence-corrected chi connectivity index (χ3v) is 7.43. The van der Waals surface area contributed by atoms with Crippen molar-refractivity contribution in [3.63, 3.8) is 0 Å². The van der Waals surface area contributed by atoms with Crippen LogP contribution in [0.15, 0.2) is 54.7 Å². The molecule has 0 spiro atoms. The third-order valence-electron chi connectivity index (χ3n) is 4.92. The van der Waals surface area contributed by atoms with Crippen molar-refractivity contribution >= 4 is 56.2 Å². The van der Waals surface area contributed by atoms with Crippen LogP contribution in [-0.2, 0) is 0 Å². The molecular formula is C21H17ClN4OS2. The summed E-state index contributed by atoms with van der Waals surface area (Å²) >= 11 is 9.09. The number of para-hydroxylation sites is 1. The Balaban J connectivity index is 1.27. The van der Waals surface area contributed by atoms with Crippen molar-refractivity contribution in [3.8, 4) is 9.88 Å². The monoisotopic (exact) mass is 440 g/mol. The van der Waals surface area contributed by atoms with Gasteiger partial charge in [-0.05, 0) is 36.4 Å². The van der Waals surface area contributed by atoms with Crippen molar-refractivity contribution in [2.75, 3.05) is 31.1 Å². The number of carbonyl (C=O) groups is 1. The number of fused-ring (bicyclic) bond motifs is 1. The zero-order chi connectivity index (χ0) is 19.8. The first-order chi connectivity index (χ1) is 14.2. The van der Waals surface area contributed by atoms with E-state index in [0.29, 0.717) is 18.1 Å². The molecule has 1 aliphatic rings. The lowest BCUT2D eigenvalue weighted by molar-refractivity contribution is 0.0751. The van der Waals surface area contributed by atoms with E-state index in [4.69, 9.17) is 16.6 Å². The van der Waals surface area contributed by atoms with Crippen LogP contribution in [0.4, 0.5) is 5.82 Å². The van der Waals surface area contributed by atoms with Crippen LogP contribution in [0.1, 0.15) is 9.67 Å². The predicted octanol–water partition coefficient (Wildman–Crippen LogP) is 5.04. The molecule has 0 aliphatic carbocycles. The number of pyridine rings is 1.